The third kappa shape index (κ3) is 2.39. The van der Waals surface area contributed by atoms with Gasteiger partial charge in [-0.15, -0.1) is 0 Å². The van der Waals surface area contributed by atoms with Gasteiger partial charge in [-0.05, 0) is 30.3 Å². The van der Waals surface area contributed by atoms with Crippen molar-refractivity contribution < 1.29 is 9.63 Å². The van der Waals surface area contributed by atoms with Crippen LogP contribution in [0.25, 0.3) is 23.0 Å². The first-order valence-electron chi connectivity index (χ1n) is 5.58. The fraction of sp³-hybridized carbons (Fsp3) is 0. The zero-order valence-corrected chi connectivity index (χ0v) is 12.3. The lowest BCUT2D eigenvalue weighted by Gasteiger charge is -1.99. The molecule has 2 heterocycles. The number of benzene rings is 1. The van der Waals surface area contributed by atoms with E-state index in [0.717, 1.165) is 4.47 Å². The van der Waals surface area contributed by atoms with Gasteiger partial charge < -0.3 is 9.63 Å². The lowest BCUT2D eigenvalue weighted by molar-refractivity contribution is 0.425. The lowest BCUT2D eigenvalue weighted by Crippen LogP contribution is -1.86. The summed E-state index contributed by atoms with van der Waals surface area (Å²) in [4.78, 5) is 8.31. The molecule has 0 unspecified atom stereocenters. The molecule has 1 aromatic carbocycles. The number of halogens is 2. The average Bonchev–Trinajstić information content (AvgIpc) is 2.88. The zero-order chi connectivity index (χ0) is 14.1. The molecule has 1 N–H and O–H groups in total. The minimum Gasteiger partial charge on any atom is -0.507 e. The van der Waals surface area contributed by atoms with Gasteiger partial charge in [0.05, 0.1) is 10.6 Å². The maximum atomic E-state index is 9.88. The Morgan fingerprint density at radius 1 is 1.25 bits per heavy atom. The fourth-order valence-electron chi connectivity index (χ4n) is 1.66. The van der Waals surface area contributed by atoms with Crippen LogP contribution in [0.1, 0.15) is 0 Å². The summed E-state index contributed by atoms with van der Waals surface area (Å²) >= 11 is 9.29. The van der Waals surface area contributed by atoms with Gasteiger partial charge in [0.15, 0.2) is 0 Å². The van der Waals surface area contributed by atoms with Crippen molar-refractivity contribution >= 4 is 27.5 Å². The zero-order valence-electron chi connectivity index (χ0n) is 9.92. The van der Waals surface area contributed by atoms with Crippen molar-refractivity contribution in [1.29, 1.82) is 0 Å². The summed E-state index contributed by atoms with van der Waals surface area (Å²) in [5.41, 5.74) is 0.875. The Balaban J connectivity index is 2.04. The average molecular weight is 353 g/mol. The molecule has 0 saturated heterocycles. The smallest absolute Gasteiger partial charge is 0.262 e. The monoisotopic (exact) mass is 351 g/mol. The summed E-state index contributed by atoms with van der Waals surface area (Å²) in [6.45, 7) is 0. The van der Waals surface area contributed by atoms with Crippen LogP contribution in [-0.4, -0.2) is 20.2 Å². The van der Waals surface area contributed by atoms with E-state index in [0.29, 0.717) is 16.3 Å². The lowest BCUT2D eigenvalue weighted by atomic mass is 10.2. The third-order valence-corrected chi connectivity index (χ3v) is 3.38. The molecule has 0 bridgehead atoms. The molecule has 0 aliphatic rings. The molecule has 100 valence electrons. The Labute approximate surface area is 127 Å². The first kappa shape index (κ1) is 13.1. The Bertz CT molecular complexity index is 776. The molecule has 0 radical (unpaired) electrons. The highest BCUT2D eigenvalue weighted by Gasteiger charge is 2.16. The molecule has 20 heavy (non-hydrogen) atoms. The molecular weight excluding hydrogens is 346 g/mol. The molecule has 2 aromatic heterocycles. The van der Waals surface area contributed by atoms with E-state index in [1.165, 1.54) is 0 Å². The summed E-state index contributed by atoms with van der Waals surface area (Å²) in [7, 11) is 0. The number of pyridine rings is 1. The van der Waals surface area contributed by atoms with Gasteiger partial charge in [-0.2, -0.15) is 4.98 Å². The SMILES string of the molecule is Oc1cc(Br)ccc1-c1nc(-c2ncccc2Cl)no1. The van der Waals surface area contributed by atoms with Crippen LogP contribution < -0.4 is 0 Å². The fourth-order valence-corrected chi connectivity index (χ4v) is 2.22. The molecule has 0 amide bonds. The van der Waals surface area contributed by atoms with E-state index < -0.39 is 0 Å². The Morgan fingerprint density at radius 3 is 2.85 bits per heavy atom. The summed E-state index contributed by atoms with van der Waals surface area (Å²) < 4.78 is 5.90. The van der Waals surface area contributed by atoms with E-state index in [4.69, 9.17) is 16.1 Å². The highest BCUT2D eigenvalue weighted by molar-refractivity contribution is 9.10. The van der Waals surface area contributed by atoms with E-state index in [2.05, 4.69) is 31.1 Å². The number of hydrogen-bond donors (Lipinski definition) is 1. The first-order chi connectivity index (χ1) is 9.65. The molecule has 0 saturated carbocycles. The molecule has 0 spiro atoms. The molecule has 0 atom stereocenters. The second kappa shape index (κ2) is 5.22. The van der Waals surface area contributed by atoms with Crippen LogP contribution in [-0.2, 0) is 0 Å². The van der Waals surface area contributed by atoms with E-state index >= 15 is 0 Å². The molecule has 7 heteroatoms. The van der Waals surface area contributed by atoms with Crippen molar-refractivity contribution in [1.82, 2.24) is 15.1 Å². The predicted octanol–water partition coefficient (Wildman–Crippen LogP) is 3.92. The minimum absolute atomic E-state index is 0.0432. The van der Waals surface area contributed by atoms with Crippen molar-refractivity contribution in [3.05, 3.63) is 46.0 Å². The van der Waals surface area contributed by atoms with Crippen LogP contribution >= 0.6 is 27.5 Å². The highest BCUT2D eigenvalue weighted by Crippen LogP contribution is 2.32. The van der Waals surface area contributed by atoms with Gasteiger partial charge in [0.1, 0.15) is 11.4 Å². The molecular formula is C13H7BrClN3O2. The largest absolute Gasteiger partial charge is 0.507 e. The molecule has 0 aliphatic carbocycles. The predicted molar refractivity (Wildman–Crippen MR) is 77.3 cm³/mol. The maximum absolute atomic E-state index is 9.88. The van der Waals surface area contributed by atoms with Crippen LogP contribution in [0.4, 0.5) is 0 Å². The van der Waals surface area contributed by atoms with Gasteiger partial charge in [0.2, 0.25) is 5.82 Å². The number of nitrogens with zero attached hydrogens (tertiary/aromatic N) is 3. The number of aromatic hydroxyl groups is 1. The van der Waals surface area contributed by atoms with Crippen molar-refractivity contribution in [2.75, 3.05) is 0 Å². The minimum atomic E-state index is 0.0432. The molecule has 5 nitrogen and oxygen atoms in total. The summed E-state index contributed by atoms with van der Waals surface area (Å²) in [5, 5.41) is 14.1. The number of aromatic nitrogens is 3. The van der Waals surface area contributed by atoms with E-state index in [-0.39, 0.29) is 17.5 Å². The standard InChI is InChI=1S/C13H7BrClN3O2/c14-7-3-4-8(10(19)6-7)13-17-12(18-20-13)11-9(15)2-1-5-16-11/h1-6,19H. The Morgan fingerprint density at radius 2 is 2.10 bits per heavy atom. The van der Waals surface area contributed by atoms with Crippen molar-refractivity contribution in [3.8, 4) is 28.7 Å². The molecule has 0 aliphatic heterocycles. The van der Waals surface area contributed by atoms with Crippen LogP contribution in [0, 0.1) is 0 Å². The topological polar surface area (TPSA) is 72.0 Å². The number of phenolic OH excluding ortho intramolecular Hbond substituents is 1. The van der Waals surface area contributed by atoms with Crippen molar-refractivity contribution in [2.24, 2.45) is 0 Å². The van der Waals surface area contributed by atoms with Gasteiger partial charge in [-0.1, -0.05) is 32.7 Å². The van der Waals surface area contributed by atoms with Gasteiger partial charge in [0, 0.05) is 10.7 Å². The quantitative estimate of drug-likeness (QED) is 0.757. The number of rotatable bonds is 2. The second-order valence-electron chi connectivity index (χ2n) is 3.92. The van der Waals surface area contributed by atoms with E-state index in [1.807, 2.05) is 0 Å². The van der Waals surface area contributed by atoms with Crippen LogP contribution in [0.2, 0.25) is 5.02 Å². The Hall–Kier alpha value is -1.92. The van der Waals surface area contributed by atoms with E-state index in [1.54, 1.807) is 36.5 Å². The number of hydrogen-bond acceptors (Lipinski definition) is 5. The molecule has 3 aromatic rings. The highest BCUT2D eigenvalue weighted by atomic mass is 79.9. The van der Waals surface area contributed by atoms with Gasteiger partial charge >= 0.3 is 0 Å². The number of phenols is 1. The van der Waals surface area contributed by atoms with Crippen LogP contribution in [0.15, 0.2) is 45.5 Å². The van der Waals surface area contributed by atoms with Gasteiger partial charge in [-0.25, -0.2) is 0 Å². The van der Waals surface area contributed by atoms with Crippen molar-refractivity contribution in [2.45, 2.75) is 0 Å². The molecule has 0 fully saturated rings. The van der Waals surface area contributed by atoms with E-state index in [9.17, 15) is 5.11 Å². The summed E-state index contributed by atoms with van der Waals surface area (Å²) in [6.07, 6.45) is 1.59. The Kier molecular flexibility index (Phi) is 3.42. The van der Waals surface area contributed by atoms with Crippen LogP contribution in [0.3, 0.4) is 0 Å². The maximum Gasteiger partial charge on any atom is 0.262 e. The summed E-state index contributed by atoms with van der Waals surface area (Å²) in [6, 6.07) is 8.40. The normalized spacial score (nSPS) is 10.7. The first-order valence-corrected chi connectivity index (χ1v) is 6.76. The van der Waals surface area contributed by atoms with Gasteiger partial charge in [-0.3, -0.25) is 4.98 Å². The van der Waals surface area contributed by atoms with Gasteiger partial charge in [0.25, 0.3) is 5.89 Å². The van der Waals surface area contributed by atoms with Crippen LogP contribution in [0.5, 0.6) is 5.75 Å². The molecule has 3 rings (SSSR count). The van der Waals surface area contributed by atoms with Crippen molar-refractivity contribution in [3.63, 3.8) is 0 Å². The second-order valence-corrected chi connectivity index (χ2v) is 5.24. The summed E-state index contributed by atoms with van der Waals surface area (Å²) in [5.74, 6) is 0.515. The third-order valence-electron chi connectivity index (χ3n) is 2.59.